The van der Waals surface area contributed by atoms with Crippen LogP contribution in [0.2, 0.25) is 0 Å². The highest BCUT2D eigenvalue weighted by Crippen LogP contribution is 2.41. The van der Waals surface area contributed by atoms with Crippen LogP contribution in [0.15, 0.2) is 24.3 Å². The van der Waals surface area contributed by atoms with Crippen LogP contribution in [0.4, 0.5) is 0 Å². The van der Waals surface area contributed by atoms with E-state index in [2.05, 4.69) is 50.0 Å². The maximum Gasteiger partial charge on any atom is 0.0459 e. The Bertz CT molecular complexity index is 524. The average Bonchev–Trinajstić information content (AvgIpc) is 2.95. The maximum absolute atomic E-state index is 3.56. The summed E-state index contributed by atoms with van der Waals surface area (Å²) in [7, 11) is 0. The second-order valence-corrected chi connectivity index (χ2v) is 6.05. The highest BCUT2D eigenvalue weighted by Gasteiger charge is 2.24. The van der Waals surface area contributed by atoms with Crippen LogP contribution in [-0.4, -0.2) is 4.98 Å². The van der Waals surface area contributed by atoms with Gasteiger partial charge >= 0.3 is 0 Å². The minimum atomic E-state index is 0.207. The number of H-pyrrole nitrogens is 1. The number of hydrogen-bond donors (Lipinski definition) is 1. The van der Waals surface area contributed by atoms with Gasteiger partial charge in [0.15, 0.2) is 0 Å². The number of aromatic amines is 1. The normalized spacial score (nSPS) is 16.9. The van der Waals surface area contributed by atoms with Gasteiger partial charge in [-0.3, -0.25) is 0 Å². The van der Waals surface area contributed by atoms with Crippen LogP contribution in [0.3, 0.4) is 0 Å². The number of benzene rings is 1. The molecule has 16 heavy (non-hydrogen) atoms. The Labute approximate surface area is 96.9 Å². The van der Waals surface area contributed by atoms with Crippen molar-refractivity contribution < 1.29 is 0 Å². The zero-order valence-electron chi connectivity index (χ0n) is 10.3. The molecule has 1 aromatic carbocycles. The summed E-state index contributed by atoms with van der Waals surface area (Å²) in [5.41, 5.74) is 4.35. The Balaban J connectivity index is 2.10. The molecule has 1 aliphatic rings. The van der Waals surface area contributed by atoms with Crippen molar-refractivity contribution in [2.75, 3.05) is 0 Å². The smallest absolute Gasteiger partial charge is 0.0459 e. The van der Waals surface area contributed by atoms with Crippen LogP contribution < -0.4 is 0 Å². The summed E-state index contributed by atoms with van der Waals surface area (Å²) in [5, 5.41) is 1.34. The third kappa shape index (κ3) is 1.64. The molecular formula is C15H19N. The van der Waals surface area contributed by atoms with Gasteiger partial charge in [0.25, 0.3) is 0 Å². The van der Waals surface area contributed by atoms with Gasteiger partial charge in [0.05, 0.1) is 0 Å². The Kier molecular flexibility index (Phi) is 1.95. The molecule has 1 heterocycles. The molecule has 1 N–H and O–H groups in total. The molecule has 1 saturated carbocycles. The highest BCUT2D eigenvalue weighted by molar-refractivity contribution is 5.81. The summed E-state index contributed by atoms with van der Waals surface area (Å²) >= 11 is 0. The largest absolute Gasteiger partial charge is 0.358 e. The molecular weight excluding hydrogens is 194 g/mol. The average molecular weight is 213 g/mol. The van der Waals surface area contributed by atoms with Gasteiger partial charge in [-0.15, -0.1) is 0 Å². The highest BCUT2D eigenvalue weighted by atomic mass is 14.7. The molecule has 1 nitrogen and oxygen atoms in total. The standard InChI is InChI=1S/C15H19N/c1-15(2,3)14-9-12-7-6-11(10-4-5-10)8-13(12)16-14/h6-10,16H,4-5H2,1-3H3. The predicted molar refractivity (Wildman–Crippen MR) is 69.0 cm³/mol. The van der Waals surface area contributed by atoms with Gasteiger partial charge in [0.1, 0.15) is 0 Å². The molecule has 0 spiro atoms. The lowest BCUT2D eigenvalue weighted by atomic mass is 9.92. The number of fused-ring (bicyclic) bond motifs is 1. The summed E-state index contributed by atoms with van der Waals surface area (Å²) in [6, 6.07) is 9.17. The molecule has 0 amide bonds. The van der Waals surface area contributed by atoms with Crippen molar-refractivity contribution in [1.29, 1.82) is 0 Å². The zero-order chi connectivity index (χ0) is 11.3. The van der Waals surface area contributed by atoms with Crippen LogP contribution in [0.1, 0.15) is 50.8 Å². The minimum absolute atomic E-state index is 0.207. The topological polar surface area (TPSA) is 15.8 Å². The van der Waals surface area contributed by atoms with Crippen molar-refractivity contribution in [3.8, 4) is 0 Å². The van der Waals surface area contributed by atoms with E-state index in [9.17, 15) is 0 Å². The molecule has 0 saturated heterocycles. The Hall–Kier alpha value is -1.24. The summed E-state index contributed by atoms with van der Waals surface area (Å²) in [5.74, 6) is 0.839. The van der Waals surface area contributed by atoms with Crippen LogP contribution in [0.5, 0.6) is 0 Å². The van der Waals surface area contributed by atoms with Gasteiger partial charge in [0.2, 0.25) is 0 Å². The van der Waals surface area contributed by atoms with E-state index in [1.807, 2.05) is 0 Å². The lowest BCUT2D eigenvalue weighted by Crippen LogP contribution is -2.10. The molecule has 2 aromatic rings. The lowest BCUT2D eigenvalue weighted by molar-refractivity contribution is 0.574. The molecule has 0 radical (unpaired) electrons. The summed E-state index contributed by atoms with van der Waals surface area (Å²) in [6.45, 7) is 6.75. The van der Waals surface area contributed by atoms with Crippen LogP contribution in [0.25, 0.3) is 10.9 Å². The van der Waals surface area contributed by atoms with Gasteiger partial charge in [-0.2, -0.15) is 0 Å². The van der Waals surface area contributed by atoms with Crippen molar-refractivity contribution in [3.05, 3.63) is 35.5 Å². The SMILES string of the molecule is CC(C)(C)c1cc2ccc(C3CC3)cc2[nH]1. The van der Waals surface area contributed by atoms with Crippen molar-refractivity contribution >= 4 is 10.9 Å². The van der Waals surface area contributed by atoms with E-state index in [0.29, 0.717) is 0 Å². The summed E-state index contributed by atoms with van der Waals surface area (Å²) in [6.07, 6.45) is 2.75. The van der Waals surface area contributed by atoms with E-state index in [1.54, 1.807) is 0 Å². The second kappa shape index (κ2) is 3.13. The summed E-state index contributed by atoms with van der Waals surface area (Å²) < 4.78 is 0. The van der Waals surface area contributed by atoms with Crippen molar-refractivity contribution in [3.63, 3.8) is 0 Å². The molecule has 0 aliphatic heterocycles. The molecule has 3 rings (SSSR count). The van der Waals surface area contributed by atoms with Gasteiger partial charge in [0, 0.05) is 16.6 Å². The third-order valence-corrected chi connectivity index (χ3v) is 3.50. The molecule has 0 bridgehead atoms. The molecule has 0 unspecified atom stereocenters. The van der Waals surface area contributed by atoms with Gasteiger partial charge < -0.3 is 4.98 Å². The molecule has 1 aromatic heterocycles. The van der Waals surface area contributed by atoms with E-state index in [1.165, 1.54) is 35.0 Å². The molecule has 1 aliphatic carbocycles. The van der Waals surface area contributed by atoms with E-state index in [-0.39, 0.29) is 5.41 Å². The first kappa shape index (κ1) is 9.95. The number of aromatic nitrogens is 1. The fourth-order valence-corrected chi connectivity index (χ4v) is 2.22. The van der Waals surface area contributed by atoms with E-state index >= 15 is 0 Å². The van der Waals surface area contributed by atoms with Crippen molar-refractivity contribution in [1.82, 2.24) is 4.98 Å². The fraction of sp³-hybridized carbons (Fsp3) is 0.467. The van der Waals surface area contributed by atoms with E-state index < -0.39 is 0 Å². The van der Waals surface area contributed by atoms with Crippen LogP contribution >= 0.6 is 0 Å². The molecule has 1 heteroatoms. The van der Waals surface area contributed by atoms with Gasteiger partial charge in [-0.1, -0.05) is 32.9 Å². The molecule has 1 fully saturated rings. The van der Waals surface area contributed by atoms with Crippen LogP contribution in [-0.2, 0) is 5.41 Å². The Morgan fingerprint density at radius 1 is 1.12 bits per heavy atom. The first-order valence-corrected chi connectivity index (χ1v) is 6.17. The minimum Gasteiger partial charge on any atom is -0.358 e. The first-order chi connectivity index (χ1) is 7.54. The number of nitrogens with one attached hydrogen (secondary N) is 1. The zero-order valence-corrected chi connectivity index (χ0v) is 10.3. The maximum atomic E-state index is 3.56. The van der Waals surface area contributed by atoms with Crippen molar-refractivity contribution in [2.24, 2.45) is 0 Å². The fourth-order valence-electron chi connectivity index (χ4n) is 2.22. The molecule has 0 atom stereocenters. The predicted octanol–water partition coefficient (Wildman–Crippen LogP) is 4.34. The number of hydrogen-bond acceptors (Lipinski definition) is 0. The quantitative estimate of drug-likeness (QED) is 0.725. The monoisotopic (exact) mass is 213 g/mol. The lowest BCUT2D eigenvalue weighted by Gasteiger charge is -2.15. The van der Waals surface area contributed by atoms with E-state index in [0.717, 1.165) is 5.92 Å². The van der Waals surface area contributed by atoms with Crippen LogP contribution in [0, 0.1) is 0 Å². The first-order valence-electron chi connectivity index (χ1n) is 6.17. The summed E-state index contributed by atoms with van der Waals surface area (Å²) in [4.78, 5) is 3.56. The van der Waals surface area contributed by atoms with Gasteiger partial charge in [-0.25, -0.2) is 0 Å². The molecule has 84 valence electrons. The number of rotatable bonds is 1. The van der Waals surface area contributed by atoms with E-state index in [4.69, 9.17) is 0 Å². The third-order valence-electron chi connectivity index (χ3n) is 3.50. The Morgan fingerprint density at radius 3 is 2.50 bits per heavy atom. The second-order valence-electron chi connectivity index (χ2n) is 6.05. The Morgan fingerprint density at radius 2 is 1.88 bits per heavy atom. The van der Waals surface area contributed by atoms with Crippen molar-refractivity contribution in [2.45, 2.75) is 44.9 Å². The van der Waals surface area contributed by atoms with Gasteiger partial charge in [-0.05, 0) is 41.8 Å².